The molecule has 0 aromatic carbocycles. The minimum Gasteiger partial charge on any atom is -0.356 e. The quantitative estimate of drug-likeness (QED) is 0.874. The van der Waals surface area contributed by atoms with E-state index in [-0.39, 0.29) is 0 Å². The fourth-order valence-corrected chi connectivity index (χ4v) is 4.74. The second-order valence-electron chi connectivity index (χ2n) is 6.64. The highest BCUT2D eigenvalue weighted by atomic mass is 32.1. The zero-order chi connectivity index (χ0) is 12.3. The summed E-state index contributed by atoms with van der Waals surface area (Å²) in [5, 5.41) is 4.66. The van der Waals surface area contributed by atoms with E-state index in [4.69, 9.17) is 0 Å². The van der Waals surface area contributed by atoms with Crippen molar-refractivity contribution >= 4 is 16.7 Å². The van der Waals surface area contributed by atoms with Crippen LogP contribution in [0.2, 0.25) is 0 Å². The maximum Gasteiger partial charge on any atom is 0.202 e. The number of anilines is 1. The highest BCUT2D eigenvalue weighted by Gasteiger charge is 2.59. The average Bonchev–Trinajstić information content (AvgIpc) is 2.85. The predicted molar refractivity (Wildman–Crippen MR) is 71.3 cm³/mol. The molecule has 0 amide bonds. The van der Waals surface area contributed by atoms with Crippen LogP contribution in [0.5, 0.6) is 0 Å². The van der Waals surface area contributed by atoms with Gasteiger partial charge in [-0.05, 0) is 42.9 Å². The molecular weight excluding hydrogens is 230 g/mol. The monoisotopic (exact) mass is 251 g/mol. The van der Waals surface area contributed by atoms with Crippen LogP contribution in [0.3, 0.4) is 0 Å². The van der Waals surface area contributed by atoms with Gasteiger partial charge in [0.15, 0.2) is 0 Å². The molecule has 1 heterocycles. The Hall–Kier alpha value is -0.640. The number of rotatable bonds is 2. The van der Waals surface area contributed by atoms with E-state index in [2.05, 4.69) is 35.4 Å². The van der Waals surface area contributed by atoms with Crippen molar-refractivity contribution in [3.63, 3.8) is 0 Å². The fraction of sp³-hybridized carbons (Fsp3) is 0.846. The summed E-state index contributed by atoms with van der Waals surface area (Å²) in [4.78, 5) is 4.45. The summed E-state index contributed by atoms with van der Waals surface area (Å²) in [6.45, 7) is 9.21. The molecule has 3 nitrogen and oxygen atoms in total. The first-order valence-corrected chi connectivity index (χ1v) is 7.26. The van der Waals surface area contributed by atoms with Crippen molar-refractivity contribution in [2.75, 3.05) is 5.32 Å². The van der Waals surface area contributed by atoms with Crippen LogP contribution in [0.15, 0.2) is 0 Å². The van der Waals surface area contributed by atoms with E-state index in [9.17, 15) is 0 Å². The summed E-state index contributed by atoms with van der Waals surface area (Å²) in [5.41, 5.74) is 0.834. The molecule has 1 aromatic heterocycles. The molecule has 2 aliphatic rings. The molecule has 2 bridgehead atoms. The number of nitrogens with one attached hydrogen (secondary N) is 1. The molecule has 1 aromatic rings. The lowest BCUT2D eigenvalue weighted by atomic mass is 9.68. The van der Waals surface area contributed by atoms with Crippen LogP contribution in [0, 0.1) is 23.7 Å². The van der Waals surface area contributed by atoms with E-state index in [1.807, 2.05) is 6.92 Å². The zero-order valence-electron chi connectivity index (χ0n) is 11.1. The minimum atomic E-state index is 0.382. The third kappa shape index (κ3) is 1.60. The Morgan fingerprint density at radius 3 is 2.65 bits per heavy atom. The van der Waals surface area contributed by atoms with E-state index in [0.717, 1.165) is 16.9 Å². The Bertz CT molecular complexity index is 435. The van der Waals surface area contributed by atoms with Crippen LogP contribution in [0.4, 0.5) is 5.13 Å². The summed E-state index contributed by atoms with van der Waals surface area (Å²) in [7, 11) is 0. The second-order valence-corrected chi connectivity index (χ2v) is 7.39. The summed E-state index contributed by atoms with van der Waals surface area (Å²) >= 11 is 1.49. The third-order valence-electron chi connectivity index (χ3n) is 5.07. The molecule has 2 fully saturated rings. The highest BCUT2D eigenvalue weighted by Crippen LogP contribution is 2.63. The third-order valence-corrected chi connectivity index (χ3v) is 5.80. The molecule has 94 valence electrons. The van der Waals surface area contributed by atoms with Gasteiger partial charge >= 0.3 is 0 Å². The first-order valence-electron chi connectivity index (χ1n) is 6.49. The normalized spacial score (nSPS) is 38.6. The molecule has 4 heteroatoms. The number of fused-ring (bicyclic) bond motifs is 2. The van der Waals surface area contributed by atoms with Gasteiger partial charge in [0, 0.05) is 17.6 Å². The highest BCUT2D eigenvalue weighted by molar-refractivity contribution is 7.09. The van der Waals surface area contributed by atoms with Crippen molar-refractivity contribution in [3.05, 3.63) is 5.82 Å². The van der Waals surface area contributed by atoms with E-state index in [0.29, 0.717) is 16.9 Å². The lowest BCUT2D eigenvalue weighted by molar-refractivity contribution is 0.155. The molecule has 0 spiro atoms. The van der Waals surface area contributed by atoms with E-state index in [1.54, 1.807) is 0 Å². The Labute approximate surface area is 107 Å². The number of aromatic nitrogens is 2. The van der Waals surface area contributed by atoms with Crippen molar-refractivity contribution in [1.29, 1.82) is 0 Å². The number of aryl methyl sites for hydroxylation is 1. The van der Waals surface area contributed by atoms with E-state index >= 15 is 0 Å². The van der Waals surface area contributed by atoms with Crippen LogP contribution < -0.4 is 5.32 Å². The first-order chi connectivity index (χ1) is 7.92. The molecule has 0 radical (unpaired) electrons. The lowest BCUT2D eigenvalue weighted by Gasteiger charge is -2.43. The van der Waals surface area contributed by atoms with Crippen LogP contribution in [0.25, 0.3) is 0 Å². The van der Waals surface area contributed by atoms with Gasteiger partial charge in [0.25, 0.3) is 0 Å². The molecule has 2 aliphatic carbocycles. The second kappa shape index (κ2) is 3.44. The van der Waals surface area contributed by atoms with Gasteiger partial charge in [-0.15, -0.1) is 0 Å². The molecule has 17 heavy (non-hydrogen) atoms. The number of hydrogen-bond donors (Lipinski definition) is 1. The van der Waals surface area contributed by atoms with Gasteiger partial charge in [-0.2, -0.15) is 4.37 Å². The topological polar surface area (TPSA) is 37.8 Å². The Morgan fingerprint density at radius 1 is 1.35 bits per heavy atom. The number of hydrogen-bond acceptors (Lipinski definition) is 4. The molecule has 3 atom stereocenters. The molecule has 0 saturated heterocycles. The van der Waals surface area contributed by atoms with Gasteiger partial charge in [-0.3, -0.25) is 0 Å². The number of nitrogens with zero attached hydrogens (tertiary/aromatic N) is 2. The Balaban J connectivity index is 1.87. The summed E-state index contributed by atoms with van der Waals surface area (Å²) in [6.07, 6.45) is 4.13. The molecule has 1 N–H and O–H groups in total. The zero-order valence-corrected chi connectivity index (χ0v) is 11.9. The SMILES string of the molecule is Cc1nsc(NC2C3(C)CCC(C3)C2(C)C)n1. The molecule has 3 rings (SSSR count). The minimum absolute atomic E-state index is 0.382. The van der Waals surface area contributed by atoms with E-state index in [1.165, 1.54) is 30.8 Å². The predicted octanol–water partition coefficient (Wildman–Crippen LogP) is 3.47. The van der Waals surface area contributed by atoms with Gasteiger partial charge in [-0.25, -0.2) is 4.98 Å². The molecule has 0 aliphatic heterocycles. The first kappa shape index (κ1) is 11.5. The maximum atomic E-state index is 4.45. The largest absolute Gasteiger partial charge is 0.356 e. The van der Waals surface area contributed by atoms with Crippen molar-refractivity contribution in [2.24, 2.45) is 16.7 Å². The maximum absolute atomic E-state index is 4.45. The van der Waals surface area contributed by atoms with Gasteiger partial charge in [0.2, 0.25) is 5.13 Å². The van der Waals surface area contributed by atoms with E-state index < -0.39 is 0 Å². The lowest BCUT2D eigenvalue weighted by Crippen LogP contribution is -2.45. The summed E-state index contributed by atoms with van der Waals surface area (Å²) < 4.78 is 4.26. The molecule has 2 saturated carbocycles. The molecular formula is C13H21N3S. The molecule has 3 unspecified atom stereocenters. The van der Waals surface area contributed by atoms with Crippen LogP contribution in [-0.2, 0) is 0 Å². The summed E-state index contributed by atoms with van der Waals surface area (Å²) in [6, 6.07) is 0.543. The van der Waals surface area contributed by atoms with Crippen LogP contribution in [-0.4, -0.2) is 15.4 Å². The average molecular weight is 251 g/mol. The van der Waals surface area contributed by atoms with Gasteiger partial charge in [-0.1, -0.05) is 20.8 Å². The van der Waals surface area contributed by atoms with Crippen LogP contribution >= 0.6 is 11.5 Å². The van der Waals surface area contributed by atoms with Gasteiger partial charge in [0.05, 0.1) is 0 Å². The summed E-state index contributed by atoms with van der Waals surface area (Å²) in [5.74, 6) is 1.75. The standard InChI is InChI=1S/C13H21N3S/c1-8-14-11(17-16-8)15-10-12(2,3)9-5-6-13(10,4)7-9/h9-10H,5-7H2,1-4H3,(H,14,15,16). The van der Waals surface area contributed by atoms with Crippen molar-refractivity contribution < 1.29 is 0 Å². The fourth-order valence-electron chi connectivity index (χ4n) is 4.14. The Morgan fingerprint density at radius 2 is 2.12 bits per heavy atom. The van der Waals surface area contributed by atoms with Crippen molar-refractivity contribution in [2.45, 2.75) is 53.0 Å². The van der Waals surface area contributed by atoms with Gasteiger partial charge < -0.3 is 5.32 Å². The smallest absolute Gasteiger partial charge is 0.202 e. The van der Waals surface area contributed by atoms with Crippen molar-refractivity contribution in [1.82, 2.24) is 9.36 Å². The van der Waals surface area contributed by atoms with Gasteiger partial charge in [0.1, 0.15) is 5.82 Å². The van der Waals surface area contributed by atoms with Crippen molar-refractivity contribution in [3.8, 4) is 0 Å². The Kier molecular flexibility index (Phi) is 2.31. The van der Waals surface area contributed by atoms with Crippen LogP contribution in [0.1, 0.15) is 45.9 Å².